The van der Waals surface area contributed by atoms with Crippen molar-refractivity contribution in [2.75, 3.05) is 6.61 Å². The lowest BCUT2D eigenvalue weighted by molar-refractivity contribution is 0.150. The molecule has 0 aromatic rings. The first-order valence-corrected chi connectivity index (χ1v) is 8.20. The van der Waals surface area contributed by atoms with Gasteiger partial charge < -0.3 is 4.74 Å². The number of carbonyl (C=O) groups is 1. The molecule has 76 valence electrons. The van der Waals surface area contributed by atoms with Crippen LogP contribution in [0.1, 0.15) is 6.42 Å². The van der Waals surface area contributed by atoms with Crippen molar-refractivity contribution in [1.82, 2.24) is 5.32 Å². The molecule has 3 nitrogen and oxygen atoms in total. The highest BCUT2D eigenvalue weighted by Crippen LogP contribution is 2.10. The predicted molar refractivity (Wildman–Crippen MR) is 57.5 cm³/mol. The first kappa shape index (κ1) is 12.2. The number of hydrogen-bond donors (Lipinski definition) is 1. The van der Waals surface area contributed by atoms with E-state index in [9.17, 15) is 4.79 Å². The normalized spacial score (nSPS) is 10.7. The summed E-state index contributed by atoms with van der Waals surface area (Å²) in [6.07, 6.45) is 1.87. The standard InChI is InChI=1S/C9H19NO2Si/c1-5-10-9(11)12-7-6-8-13(2,3)4/h5H,1,6-8H2,2-4H3,(H,10,11). The average molecular weight is 201 g/mol. The number of hydrogen-bond acceptors (Lipinski definition) is 2. The van der Waals surface area contributed by atoms with Gasteiger partial charge in [0.05, 0.1) is 6.61 Å². The molecule has 0 saturated heterocycles. The van der Waals surface area contributed by atoms with Gasteiger partial charge in [0, 0.05) is 8.07 Å². The van der Waals surface area contributed by atoms with E-state index < -0.39 is 14.2 Å². The molecule has 0 fully saturated rings. The van der Waals surface area contributed by atoms with Crippen molar-refractivity contribution in [2.45, 2.75) is 32.1 Å². The lowest BCUT2D eigenvalue weighted by Crippen LogP contribution is -2.22. The van der Waals surface area contributed by atoms with Crippen LogP contribution in [0.25, 0.3) is 0 Å². The molecule has 0 heterocycles. The molecule has 0 aromatic heterocycles. The number of nitrogens with one attached hydrogen (secondary N) is 1. The van der Waals surface area contributed by atoms with Gasteiger partial charge in [-0.3, -0.25) is 5.32 Å². The second-order valence-corrected chi connectivity index (χ2v) is 9.77. The third-order valence-corrected chi connectivity index (χ3v) is 3.38. The lowest BCUT2D eigenvalue weighted by Gasteiger charge is -2.14. The molecule has 0 radical (unpaired) electrons. The zero-order valence-corrected chi connectivity index (χ0v) is 9.72. The third-order valence-electron chi connectivity index (χ3n) is 1.52. The second-order valence-electron chi connectivity index (χ2n) is 4.15. The van der Waals surface area contributed by atoms with Crippen LogP contribution in [0.4, 0.5) is 4.79 Å². The van der Waals surface area contributed by atoms with E-state index in [4.69, 9.17) is 4.74 Å². The van der Waals surface area contributed by atoms with E-state index in [1.54, 1.807) is 0 Å². The topological polar surface area (TPSA) is 38.3 Å². The van der Waals surface area contributed by atoms with Crippen LogP contribution in [0, 0.1) is 0 Å². The van der Waals surface area contributed by atoms with Gasteiger partial charge >= 0.3 is 6.09 Å². The number of ether oxygens (including phenoxy) is 1. The lowest BCUT2D eigenvalue weighted by atomic mass is 10.5. The van der Waals surface area contributed by atoms with Gasteiger partial charge in [0.25, 0.3) is 0 Å². The van der Waals surface area contributed by atoms with Crippen molar-refractivity contribution in [3.63, 3.8) is 0 Å². The monoisotopic (exact) mass is 201 g/mol. The van der Waals surface area contributed by atoms with Crippen LogP contribution in [-0.4, -0.2) is 20.8 Å². The van der Waals surface area contributed by atoms with Crippen LogP contribution in [0.3, 0.4) is 0 Å². The summed E-state index contributed by atoms with van der Waals surface area (Å²) in [5.41, 5.74) is 0. The van der Waals surface area contributed by atoms with Crippen molar-refractivity contribution in [1.29, 1.82) is 0 Å². The summed E-state index contributed by atoms with van der Waals surface area (Å²) in [7, 11) is -0.980. The Labute approximate surface area is 81.2 Å². The molecule has 0 unspecified atom stereocenters. The van der Waals surface area contributed by atoms with E-state index in [1.165, 1.54) is 12.2 Å². The Bertz CT molecular complexity index is 175. The molecule has 0 rings (SSSR count). The minimum absolute atomic E-state index is 0.412. The molecule has 0 bridgehead atoms. The van der Waals surface area contributed by atoms with Gasteiger partial charge in [-0.2, -0.15) is 0 Å². The zero-order valence-electron chi connectivity index (χ0n) is 8.72. The van der Waals surface area contributed by atoms with Crippen LogP contribution in [-0.2, 0) is 4.74 Å². The summed E-state index contributed by atoms with van der Waals surface area (Å²) in [4.78, 5) is 10.8. The maximum atomic E-state index is 10.8. The quantitative estimate of drug-likeness (QED) is 0.548. The Balaban J connectivity index is 3.36. The van der Waals surface area contributed by atoms with Crippen molar-refractivity contribution in [3.05, 3.63) is 12.8 Å². The number of amides is 1. The van der Waals surface area contributed by atoms with Gasteiger partial charge in [0.2, 0.25) is 0 Å². The smallest absolute Gasteiger partial charge is 0.411 e. The SMILES string of the molecule is C=CNC(=O)OCCC[Si](C)(C)C. The summed E-state index contributed by atoms with van der Waals surface area (Å²) in [6, 6.07) is 1.19. The number of alkyl carbamates (subject to hydrolysis) is 1. The van der Waals surface area contributed by atoms with Gasteiger partial charge in [-0.15, -0.1) is 0 Å². The summed E-state index contributed by atoms with van der Waals surface area (Å²) in [5.74, 6) is 0. The molecule has 0 aliphatic rings. The highest BCUT2D eigenvalue weighted by Gasteiger charge is 2.12. The van der Waals surface area contributed by atoms with Crippen molar-refractivity contribution < 1.29 is 9.53 Å². The van der Waals surface area contributed by atoms with Crippen molar-refractivity contribution >= 4 is 14.2 Å². The Hall–Kier alpha value is -0.773. The maximum absolute atomic E-state index is 10.8. The predicted octanol–water partition coefficient (Wildman–Crippen LogP) is 2.58. The van der Waals surface area contributed by atoms with Gasteiger partial charge in [-0.1, -0.05) is 32.3 Å². The summed E-state index contributed by atoms with van der Waals surface area (Å²) < 4.78 is 4.88. The summed E-state index contributed by atoms with van der Waals surface area (Å²) in [6.45, 7) is 10.8. The van der Waals surface area contributed by atoms with E-state index in [-0.39, 0.29) is 0 Å². The fraction of sp³-hybridized carbons (Fsp3) is 0.667. The Morgan fingerprint density at radius 2 is 2.15 bits per heavy atom. The highest BCUT2D eigenvalue weighted by molar-refractivity contribution is 6.76. The van der Waals surface area contributed by atoms with Gasteiger partial charge in [0.15, 0.2) is 0 Å². The van der Waals surface area contributed by atoms with E-state index in [0.29, 0.717) is 6.61 Å². The molecule has 0 spiro atoms. The fourth-order valence-electron chi connectivity index (χ4n) is 0.892. The van der Waals surface area contributed by atoms with Crippen LogP contribution in [0.2, 0.25) is 25.7 Å². The maximum Gasteiger partial charge on any atom is 0.411 e. The molecule has 0 saturated carbocycles. The van der Waals surface area contributed by atoms with Crippen molar-refractivity contribution in [3.8, 4) is 0 Å². The molecule has 0 aromatic carbocycles. The Morgan fingerprint density at radius 1 is 1.54 bits per heavy atom. The number of carbonyl (C=O) groups excluding carboxylic acids is 1. The molecule has 0 aliphatic heterocycles. The van der Waals surface area contributed by atoms with E-state index in [0.717, 1.165) is 6.42 Å². The zero-order chi connectivity index (χ0) is 10.3. The highest BCUT2D eigenvalue weighted by atomic mass is 28.3. The van der Waals surface area contributed by atoms with E-state index in [1.807, 2.05) is 0 Å². The molecule has 4 heteroatoms. The Morgan fingerprint density at radius 3 is 2.62 bits per heavy atom. The van der Waals surface area contributed by atoms with Crippen LogP contribution in [0.15, 0.2) is 12.8 Å². The molecule has 0 atom stereocenters. The third kappa shape index (κ3) is 9.14. The molecule has 1 amide bonds. The van der Waals surface area contributed by atoms with E-state index >= 15 is 0 Å². The second kappa shape index (κ2) is 5.80. The van der Waals surface area contributed by atoms with Crippen LogP contribution < -0.4 is 5.32 Å². The first-order chi connectivity index (χ1) is 5.95. The van der Waals surface area contributed by atoms with Gasteiger partial charge in [0.1, 0.15) is 0 Å². The minimum atomic E-state index is -0.980. The average Bonchev–Trinajstić information content (AvgIpc) is 1.97. The fourth-order valence-corrected chi connectivity index (χ4v) is 2.10. The molecule has 13 heavy (non-hydrogen) atoms. The van der Waals surface area contributed by atoms with Gasteiger partial charge in [-0.25, -0.2) is 4.79 Å². The summed E-state index contributed by atoms with van der Waals surface area (Å²) in [5, 5.41) is 2.36. The minimum Gasteiger partial charge on any atom is -0.449 e. The number of rotatable bonds is 5. The first-order valence-electron chi connectivity index (χ1n) is 4.50. The van der Waals surface area contributed by atoms with Gasteiger partial charge in [-0.05, 0) is 12.6 Å². The van der Waals surface area contributed by atoms with Crippen LogP contribution in [0.5, 0.6) is 0 Å². The largest absolute Gasteiger partial charge is 0.449 e. The molecular formula is C9H19NO2Si. The molecule has 1 N–H and O–H groups in total. The van der Waals surface area contributed by atoms with Crippen molar-refractivity contribution in [2.24, 2.45) is 0 Å². The van der Waals surface area contributed by atoms with Crippen LogP contribution >= 0.6 is 0 Å². The summed E-state index contributed by atoms with van der Waals surface area (Å²) >= 11 is 0. The Kier molecular flexibility index (Phi) is 5.46. The van der Waals surface area contributed by atoms with E-state index in [2.05, 4.69) is 31.5 Å². The molecular weight excluding hydrogens is 182 g/mol. The molecule has 0 aliphatic carbocycles.